The third-order valence-electron chi connectivity index (χ3n) is 2.85. The summed E-state index contributed by atoms with van der Waals surface area (Å²) in [6.45, 7) is 3.06. The van der Waals surface area contributed by atoms with Gasteiger partial charge < -0.3 is 10.1 Å². The number of hydrogen-bond donors (Lipinski definition) is 1. The zero-order chi connectivity index (χ0) is 15.2. The Morgan fingerprint density at radius 3 is 2.48 bits per heavy atom. The molecule has 21 heavy (non-hydrogen) atoms. The fourth-order valence-corrected chi connectivity index (χ4v) is 1.90. The molecule has 0 saturated heterocycles. The average Bonchev–Trinajstić information content (AvgIpc) is 2.48. The molecule has 0 aliphatic heterocycles. The Balaban J connectivity index is 2.36. The molecule has 1 heterocycles. The van der Waals surface area contributed by atoms with Crippen LogP contribution in [0.3, 0.4) is 0 Å². The Morgan fingerprint density at radius 1 is 1.19 bits per heavy atom. The number of methoxy groups -OCH3 is 1. The van der Waals surface area contributed by atoms with Crippen LogP contribution in [0.4, 0.5) is 14.6 Å². The summed E-state index contributed by atoms with van der Waals surface area (Å²) in [6.07, 6.45) is -2.47. The number of nitrogens with zero attached hydrogens (tertiary/aromatic N) is 2. The highest BCUT2D eigenvalue weighted by molar-refractivity contribution is 5.58. The summed E-state index contributed by atoms with van der Waals surface area (Å²) in [7, 11) is 1.59. The number of anilines is 1. The van der Waals surface area contributed by atoms with Crippen molar-refractivity contribution in [1.82, 2.24) is 9.97 Å². The molecule has 0 aliphatic rings. The van der Waals surface area contributed by atoms with Gasteiger partial charge in [0.15, 0.2) is 5.82 Å². The molecule has 0 radical (unpaired) electrons. The van der Waals surface area contributed by atoms with Crippen molar-refractivity contribution in [2.75, 3.05) is 19.0 Å². The van der Waals surface area contributed by atoms with Crippen LogP contribution >= 0.6 is 0 Å². The maximum Gasteiger partial charge on any atom is 0.263 e. The van der Waals surface area contributed by atoms with Gasteiger partial charge in [-0.25, -0.2) is 18.7 Å². The number of nitrogens with one attached hydrogen (secondary N) is 1. The molecule has 2 aromatic rings. The van der Waals surface area contributed by atoms with E-state index in [1.54, 1.807) is 19.2 Å². The number of aromatic nitrogens is 2. The molecular weight excluding hydrogens is 276 g/mol. The summed E-state index contributed by atoms with van der Waals surface area (Å²) in [5.41, 5.74) is 1.41. The first-order valence-electron chi connectivity index (χ1n) is 6.63. The molecule has 0 unspecified atom stereocenters. The van der Waals surface area contributed by atoms with Gasteiger partial charge in [0, 0.05) is 30.8 Å². The van der Waals surface area contributed by atoms with E-state index in [2.05, 4.69) is 15.3 Å². The molecule has 0 aliphatic carbocycles. The predicted octanol–water partition coefficient (Wildman–Crippen LogP) is 3.66. The molecule has 6 heteroatoms. The van der Waals surface area contributed by atoms with Gasteiger partial charge in [-0.2, -0.15) is 0 Å². The summed E-state index contributed by atoms with van der Waals surface area (Å²) >= 11 is 0. The second-order valence-electron chi connectivity index (χ2n) is 4.45. The number of rotatable bonds is 6. The van der Waals surface area contributed by atoms with Crippen LogP contribution < -0.4 is 5.32 Å². The largest absolute Gasteiger partial charge is 0.378 e. The lowest BCUT2D eigenvalue weighted by Crippen LogP contribution is -2.04. The molecular formula is C15H17F2N3O. The van der Waals surface area contributed by atoms with Crippen molar-refractivity contribution in [3.8, 4) is 11.4 Å². The number of halogens is 2. The van der Waals surface area contributed by atoms with Gasteiger partial charge in [-0.05, 0) is 6.92 Å². The topological polar surface area (TPSA) is 47.0 Å². The third-order valence-corrected chi connectivity index (χ3v) is 2.85. The number of ether oxygens (including phenoxy) is 1. The quantitative estimate of drug-likeness (QED) is 0.883. The van der Waals surface area contributed by atoms with Gasteiger partial charge in [-0.15, -0.1) is 0 Å². The number of hydrogen-bond acceptors (Lipinski definition) is 4. The van der Waals surface area contributed by atoms with Crippen molar-refractivity contribution in [1.29, 1.82) is 0 Å². The van der Waals surface area contributed by atoms with Crippen LogP contribution in [0, 0.1) is 0 Å². The van der Waals surface area contributed by atoms with E-state index >= 15 is 0 Å². The van der Waals surface area contributed by atoms with E-state index < -0.39 is 6.43 Å². The van der Waals surface area contributed by atoms with Crippen molar-refractivity contribution >= 4 is 5.82 Å². The van der Waals surface area contributed by atoms with Crippen LogP contribution in [0.25, 0.3) is 11.4 Å². The fourth-order valence-electron chi connectivity index (χ4n) is 1.90. The van der Waals surface area contributed by atoms with E-state index in [0.717, 1.165) is 12.2 Å². The molecule has 2 rings (SSSR count). The lowest BCUT2D eigenvalue weighted by atomic mass is 10.1. The normalized spacial score (nSPS) is 10.9. The lowest BCUT2D eigenvalue weighted by Gasteiger charge is -2.09. The molecule has 112 valence electrons. The zero-order valence-electron chi connectivity index (χ0n) is 11.9. The molecule has 0 bridgehead atoms. The molecule has 1 aromatic heterocycles. The minimum atomic E-state index is -2.47. The summed E-state index contributed by atoms with van der Waals surface area (Å²) in [5, 5.41) is 3.12. The summed E-state index contributed by atoms with van der Waals surface area (Å²) < 4.78 is 30.2. The van der Waals surface area contributed by atoms with Gasteiger partial charge in [0.05, 0.1) is 12.3 Å². The minimum Gasteiger partial charge on any atom is -0.378 e. The highest BCUT2D eigenvalue weighted by Gasteiger charge is 2.10. The summed E-state index contributed by atoms with van der Waals surface area (Å²) in [4.78, 5) is 8.77. The molecule has 1 aromatic carbocycles. The number of alkyl halides is 2. The van der Waals surface area contributed by atoms with Crippen LogP contribution in [-0.2, 0) is 11.3 Å². The van der Waals surface area contributed by atoms with Gasteiger partial charge in [0.2, 0.25) is 0 Å². The van der Waals surface area contributed by atoms with Crippen molar-refractivity contribution < 1.29 is 13.5 Å². The molecule has 1 N–H and O–H groups in total. The average molecular weight is 293 g/mol. The zero-order valence-corrected chi connectivity index (χ0v) is 11.9. The maximum absolute atomic E-state index is 12.6. The van der Waals surface area contributed by atoms with Gasteiger partial charge in [-0.3, -0.25) is 0 Å². The highest BCUT2D eigenvalue weighted by Crippen LogP contribution is 2.23. The Labute approximate surface area is 122 Å². The van der Waals surface area contributed by atoms with Crippen LogP contribution in [0.2, 0.25) is 0 Å². The number of benzene rings is 1. The van der Waals surface area contributed by atoms with E-state index in [4.69, 9.17) is 4.74 Å². The van der Waals surface area contributed by atoms with Gasteiger partial charge in [0.1, 0.15) is 5.82 Å². The predicted molar refractivity (Wildman–Crippen MR) is 77.3 cm³/mol. The second-order valence-corrected chi connectivity index (χ2v) is 4.45. The van der Waals surface area contributed by atoms with Gasteiger partial charge in [-0.1, -0.05) is 24.3 Å². The van der Waals surface area contributed by atoms with Gasteiger partial charge in [0.25, 0.3) is 6.43 Å². The fraction of sp³-hybridized carbons (Fsp3) is 0.333. The Hall–Kier alpha value is -2.08. The smallest absolute Gasteiger partial charge is 0.263 e. The van der Waals surface area contributed by atoms with Crippen LogP contribution in [0.15, 0.2) is 30.3 Å². The van der Waals surface area contributed by atoms with E-state index in [1.165, 1.54) is 12.1 Å². The lowest BCUT2D eigenvalue weighted by molar-refractivity contribution is 0.151. The Morgan fingerprint density at radius 2 is 1.90 bits per heavy atom. The molecule has 4 nitrogen and oxygen atoms in total. The van der Waals surface area contributed by atoms with Crippen molar-refractivity contribution in [3.63, 3.8) is 0 Å². The van der Waals surface area contributed by atoms with Crippen molar-refractivity contribution in [3.05, 3.63) is 41.6 Å². The maximum atomic E-state index is 12.6. The van der Waals surface area contributed by atoms with Gasteiger partial charge >= 0.3 is 0 Å². The summed E-state index contributed by atoms with van der Waals surface area (Å²) in [6, 6.07) is 7.79. The molecule has 0 spiro atoms. The first-order chi connectivity index (χ1) is 10.1. The first kappa shape index (κ1) is 15.3. The molecule has 0 atom stereocenters. The molecule has 0 fully saturated rings. The Kier molecular flexibility index (Phi) is 5.16. The van der Waals surface area contributed by atoms with Crippen molar-refractivity contribution in [2.24, 2.45) is 0 Å². The SMILES string of the molecule is CCNc1cc(COC)nc(-c2ccc(C(F)F)cc2)n1. The standard InChI is InChI=1S/C15H17F2N3O/c1-3-18-13-8-12(9-21-2)19-15(20-13)11-6-4-10(5-7-11)14(16)17/h4-8,14H,3,9H2,1-2H3,(H,18,19,20). The molecule has 0 saturated carbocycles. The van der Waals surface area contributed by atoms with E-state index in [9.17, 15) is 8.78 Å². The van der Waals surface area contributed by atoms with Crippen molar-refractivity contribution in [2.45, 2.75) is 20.0 Å². The third kappa shape index (κ3) is 3.95. The first-order valence-corrected chi connectivity index (χ1v) is 6.63. The van der Waals surface area contributed by atoms with Crippen LogP contribution in [-0.4, -0.2) is 23.6 Å². The second kappa shape index (κ2) is 7.08. The van der Waals surface area contributed by atoms with E-state index in [1.807, 2.05) is 13.0 Å². The highest BCUT2D eigenvalue weighted by atomic mass is 19.3. The van der Waals surface area contributed by atoms with E-state index in [-0.39, 0.29) is 5.56 Å². The van der Waals surface area contributed by atoms with E-state index in [0.29, 0.717) is 23.8 Å². The summed E-state index contributed by atoms with van der Waals surface area (Å²) in [5.74, 6) is 1.17. The monoisotopic (exact) mass is 293 g/mol. The minimum absolute atomic E-state index is 0.0151. The van der Waals surface area contributed by atoms with Crippen LogP contribution in [0.5, 0.6) is 0 Å². The van der Waals surface area contributed by atoms with Crippen LogP contribution in [0.1, 0.15) is 24.6 Å². The Bertz CT molecular complexity index is 564. The molecule has 0 amide bonds.